The number of fused-ring (bicyclic) bond motifs is 1. The van der Waals surface area contributed by atoms with E-state index in [4.69, 9.17) is 16.3 Å². The van der Waals surface area contributed by atoms with E-state index < -0.39 is 0 Å². The van der Waals surface area contributed by atoms with E-state index in [0.29, 0.717) is 47.2 Å². The van der Waals surface area contributed by atoms with Crippen LogP contribution in [0.1, 0.15) is 65.2 Å². The number of nitriles is 1. The van der Waals surface area contributed by atoms with E-state index in [2.05, 4.69) is 41.0 Å². The van der Waals surface area contributed by atoms with Gasteiger partial charge in [0.05, 0.1) is 23.4 Å². The Balaban J connectivity index is 1.75. The summed E-state index contributed by atoms with van der Waals surface area (Å²) in [6.45, 7) is 10.8. The Morgan fingerprint density at radius 3 is 2.63 bits per heavy atom. The number of aryl methyl sites for hydroxylation is 1. The number of benzene rings is 1. The quantitative estimate of drug-likeness (QED) is 0.356. The maximum absolute atomic E-state index is 14.0. The number of carbonyl (C=O) groups is 1. The second kappa shape index (κ2) is 11.9. The van der Waals surface area contributed by atoms with E-state index in [9.17, 15) is 10.1 Å². The molecule has 3 aromatic rings. The maximum Gasteiger partial charge on any atom is 0.254 e. The minimum atomic E-state index is -0.285. The van der Waals surface area contributed by atoms with Crippen LogP contribution >= 0.6 is 11.6 Å². The van der Waals surface area contributed by atoms with Crippen molar-refractivity contribution in [2.45, 2.75) is 46.6 Å². The SMILES string of the molecule is CCOc1cc([C@H](C)N2CCc3c(cc(CCN(C)CC)cc3-c3cc(C)ncc3Cl)C2=O)ncc1C#N. The molecule has 0 aliphatic carbocycles. The van der Waals surface area contributed by atoms with Crippen LogP contribution in [0.5, 0.6) is 5.75 Å². The predicted octanol–water partition coefficient (Wildman–Crippen LogP) is 5.63. The fourth-order valence-corrected chi connectivity index (χ4v) is 5.07. The maximum atomic E-state index is 14.0. The van der Waals surface area contributed by atoms with E-state index in [1.165, 1.54) is 6.20 Å². The minimum Gasteiger partial charge on any atom is -0.492 e. The van der Waals surface area contributed by atoms with Crippen LogP contribution in [-0.4, -0.2) is 59.0 Å². The third-order valence-electron chi connectivity index (χ3n) is 7.21. The van der Waals surface area contributed by atoms with Crippen molar-refractivity contribution in [1.82, 2.24) is 19.8 Å². The molecule has 0 bridgehead atoms. The summed E-state index contributed by atoms with van der Waals surface area (Å²) >= 11 is 6.63. The molecule has 38 heavy (non-hydrogen) atoms. The molecule has 198 valence electrons. The summed E-state index contributed by atoms with van der Waals surface area (Å²) in [6.07, 6.45) is 4.72. The Bertz CT molecular complexity index is 1380. The lowest BCUT2D eigenvalue weighted by molar-refractivity contribution is 0.0669. The molecule has 0 spiro atoms. The van der Waals surface area contributed by atoms with E-state index in [1.807, 2.05) is 37.8 Å². The fraction of sp³-hybridized carbons (Fsp3) is 0.400. The summed E-state index contributed by atoms with van der Waals surface area (Å²) in [4.78, 5) is 26.9. The summed E-state index contributed by atoms with van der Waals surface area (Å²) < 4.78 is 5.66. The van der Waals surface area contributed by atoms with Crippen LogP contribution in [0.15, 0.2) is 36.7 Å². The second-order valence-electron chi connectivity index (χ2n) is 9.70. The normalized spacial score (nSPS) is 13.8. The number of carbonyl (C=O) groups excluding carboxylic acids is 1. The van der Waals surface area contributed by atoms with Crippen LogP contribution in [0.25, 0.3) is 11.1 Å². The van der Waals surface area contributed by atoms with Crippen molar-refractivity contribution in [1.29, 1.82) is 5.26 Å². The van der Waals surface area contributed by atoms with Gasteiger partial charge in [0.15, 0.2) is 0 Å². The Hall–Kier alpha value is -3.47. The molecule has 0 N–H and O–H groups in total. The number of hydrogen-bond acceptors (Lipinski definition) is 6. The molecular formula is C30H34ClN5O2. The molecule has 2 aromatic heterocycles. The first-order chi connectivity index (χ1) is 18.3. The number of likely N-dealkylation sites (N-methyl/N-ethyl adjacent to an activating group) is 1. The zero-order valence-corrected chi connectivity index (χ0v) is 23.5. The van der Waals surface area contributed by atoms with Crippen LogP contribution in [0.2, 0.25) is 5.02 Å². The van der Waals surface area contributed by atoms with Crippen molar-refractivity contribution in [2.24, 2.45) is 0 Å². The molecule has 0 radical (unpaired) electrons. The number of halogens is 1. The van der Waals surface area contributed by atoms with Gasteiger partial charge in [-0.05, 0) is 76.0 Å². The number of aromatic nitrogens is 2. The number of nitrogens with zero attached hydrogens (tertiary/aromatic N) is 5. The average molecular weight is 532 g/mol. The Kier molecular flexibility index (Phi) is 8.65. The summed E-state index contributed by atoms with van der Waals surface area (Å²) in [5, 5.41) is 9.98. The molecule has 0 saturated carbocycles. The fourth-order valence-electron chi connectivity index (χ4n) is 4.86. The van der Waals surface area contributed by atoms with Gasteiger partial charge in [0, 0.05) is 48.4 Å². The molecule has 0 saturated heterocycles. The van der Waals surface area contributed by atoms with Crippen molar-refractivity contribution in [3.8, 4) is 22.9 Å². The van der Waals surface area contributed by atoms with Gasteiger partial charge >= 0.3 is 0 Å². The van der Waals surface area contributed by atoms with Crippen LogP contribution < -0.4 is 4.74 Å². The van der Waals surface area contributed by atoms with Gasteiger partial charge in [0.2, 0.25) is 0 Å². The first-order valence-corrected chi connectivity index (χ1v) is 13.5. The predicted molar refractivity (Wildman–Crippen MR) is 150 cm³/mol. The van der Waals surface area contributed by atoms with E-state index in [0.717, 1.165) is 47.5 Å². The number of amides is 1. The molecule has 7 nitrogen and oxygen atoms in total. The van der Waals surface area contributed by atoms with Gasteiger partial charge in [0.1, 0.15) is 17.4 Å². The summed E-state index contributed by atoms with van der Waals surface area (Å²) in [6, 6.07) is 9.84. The number of hydrogen-bond donors (Lipinski definition) is 0. The van der Waals surface area contributed by atoms with Crippen LogP contribution in [0.4, 0.5) is 0 Å². The van der Waals surface area contributed by atoms with E-state index >= 15 is 0 Å². The van der Waals surface area contributed by atoms with Crippen molar-refractivity contribution in [3.05, 3.63) is 75.3 Å². The topological polar surface area (TPSA) is 82.3 Å². The highest BCUT2D eigenvalue weighted by Crippen LogP contribution is 2.38. The Morgan fingerprint density at radius 1 is 1.16 bits per heavy atom. The van der Waals surface area contributed by atoms with Crippen molar-refractivity contribution < 1.29 is 9.53 Å². The summed E-state index contributed by atoms with van der Waals surface area (Å²) in [7, 11) is 2.10. The van der Waals surface area contributed by atoms with Crippen LogP contribution in [-0.2, 0) is 12.8 Å². The Morgan fingerprint density at radius 2 is 1.92 bits per heavy atom. The molecule has 1 aromatic carbocycles. The van der Waals surface area contributed by atoms with Gasteiger partial charge in [0.25, 0.3) is 5.91 Å². The van der Waals surface area contributed by atoms with E-state index in [-0.39, 0.29) is 11.9 Å². The molecule has 0 unspecified atom stereocenters. The van der Waals surface area contributed by atoms with Gasteiger partial charge in [-0.25, -0.2) is 0 Å². The highest BCUT2D eigenvalue weighted by Gasteiger charge is 2.32. The zero-order chi connectivity index (χ0) is 27.4. The van der Waals surface area contributed by atoms with Crippen LogP contribution in [0, 0.1) is 18.3 Å². The lowest BCUT2D eigenvalue weighted by Crippen LogP contribution is -2.40. The van der Waals surface area contributed by atoms with Gasteiger partial charge in [-0.15, -0.1) is 0 Å². The largest absolute Gasteiger partial charge is 0.492 e. The van der Waals surface area contributed by atoms with Gasteiger partial charge in [-0.3, -0.25) is 14.8 Å². The molecule has 1 atom stereocenters. The lowest BCUT2D eigenvalue weighted by atomic mass is 9.87. The first kappa shape index (κ1) is 27.6. The highest BCUT2D eigenvalue weighted by molar-refractivity contribution is 6.33. The van der Waals surface area contributed by atoms with Gasteiger partial charge < -0.3 is 14.5 Å². The second-order valence-corrected chi connectivity index (χ2v) is 10.1. The molecule has 1 aliphatic heterocycles. The highest BCUT2D eigenvalue weighted by atomic mass is 35.5. The third kappa shape index (κ3) is 5.67. The first-order valence-electron chi connectivity index (χ1n) is 13.1. The number of ether oxygens (including phenoxy) is 1. The van der Waals surface area contributed by atoms with Crippen molar-refractivity contribution in [3.63, 3.8) is 0 Å². The third-order valence-corrected chi connectivity index (χ3v) is 7.51. The van der Waals surface area contributed by atoms with Crippen molar-refractivity contribution in [2.75, 3.05) is 33.3 Å². The lowest BCUT2D eigenvalue weighted by Gasteiger charge is -2.35. The van der Waals surface area contributed by atoms with E-state index in [1.54, 1.807) is 12.3 Å². The van der Waals surface area contributed by atoms with Gasteiger partial charge in [-0.1, -0.05) is 24.6 Å². The summed E-state index contributed by atoms with van der Waals surface area (Å²) in [5.74, 6) is 0.459. The molecule has 1 amide bonds. The molecule has 8 heteroatoms. The monoisotopic (exact) mass is 531 g/mol. The smallest absolute Gasteiger partial charge is 0.254 e. The Labute approximate surface area is 230 Å². The average Bonchev–Trinajstić information content (AvgIpc) is 2.92. The summed E-state index contributed by atoms with van der Waals surface area (Å²) in [5.41, 5.74) is 6.69. The zero-order valence-electron chi connectivity index (χ0n) is 22.7. The van der Waals surface area contributed by atoms with Crippen molar-refractivity contribution >= 4 is 17.5 Å². The number of rotatable bonds is 9. The molecule has 0 fully saturated rings. The molecule has 3 heterocycles. The molecular weight excluding hydrogens is 498 g/mol. The van der Waals surface area contributed by atoms with Crippen LogP contribution in [0.3, 0.4) is 0 Å². The standard InChI is InChI=1S/C30H34ClN5O2/c1-6-35(5)10-8-21-13-24(25-12-19(3)33-18-27(25)31)23-9-11-36(30(37)26(23)14-21)20(4)28-15-29(38-7-2)22(16-32)17-34-28/h12-15,17-18,20H,6-11H2,1-5H3/t20-/m0/s1. The minimum absolute atomic E-state index is 0.0308. The number of pyridine rings is 2. The van der Waals surface area contributed by atoms with Gasteiger partial charge in [-0.2, -0.15) is 5.26 Å². The molecule has 1 aliphatic rings. The molecule has 4 rings (SSSR count).